The van der Waals surface area contributed by atoms with Gasteiger partial charge in [-0.2, -0.15) is 5.10 Å². The number of aromatic nitrogens is 3. The highest BCUT2D eigenvalue weighted by molar-refractivity contribution is 5.67. The molecule has 24 heavy (non-hydrogen) atoms. The average molecular weight is 325 g/mol. The molecule has 0 aromatic carbocycles. The summed E-state index contributed by atoms with van der Waals surface area (Å²) >= 11 is 0. The lowest BCUT2D eigenvalue weighted by atomic mass is 9.90. The number of allylic oxidation sites excluding steroid dienone is 1. The van der Waals surface area contributed by atoms with E-state index in [0.717, 1.165) is 18.6 Å². The SMILES string of the molecule is COc1ccc(OCC2=C(c3ccnn3C3CC3)CCCC2)cn1. The van der Waals surface area contributed by atoms with E-state index in [-0.39, 0.29) is 0 Å². The Morgan fingerprint density at radius 1 is 1.17 bits per heavy atom. The minimum absolute atomic E-state index is 0.605. The largest absolute Gasteiger partial charge is 0.488 e. The molecule has 2 aromatic rings. The summed E-state index contributed by atoms with van der Waals surface area (Å²) in [5.41, 5.74) is 4.13. The summed E-state index contributed by atoms with van der Waals surface area (Å²) in [4.78, 5) is 4.20. The Morgan fingerprint density at radius 2 is 2.04 bits per heavy atom. The van der Waals surface area contributed by atoms with Gasteiger partial charge in [-0.05, 0) is 61.8 Å². The zero-order valence-corrected chi connectivity index (χ0v) is 14.1. The molecule has 126 valence electrons. The number of hydrogen-bond donors (Lipinski definition) is 0. The molecule has 2 aromatic heterocycles. The first-order valence-electron chi connectivity index (χ1n) is 8.73. The molecular formula is C19H23N3O2. The van der Waals surface area contributed by atoms with E-state index in [9.17, 15) is 0 Å². The molecule has 1 fully saturated rings. The molecule has 0 spiro atoms. The average Bonchev–Trinajstić information content (AvgIpc) is 3.37. The Labute approximate surface area is 142 Å². The van der Waals surface area contributed by atoms with Gasteiger partial charge in [0.25, 0.3) is 0 Å². The molecule has 0 radical (unpaired) electrons. The van der Waals surface area contributed by atoms with Gasteiger partial charge in [-0.15, -0.1) is 0 Å². The third kappa shape index (κ3) is 3.16. The summed E-state index contributed by atoms with van der Waals surface area (Å²) in [7, 11) is 1.62. The van der Waals surface area contributed by atoms with Crippen molar-refractivity contribution in [3.05, 3.63) is 41.9 Å². The van der Waals surface area contributed by atoms with Crippen molar-refractivity contribution >= 4 is 5.57 Å². The molecule has 0 saturated heterocycles. The molecule has 2 aliphatic carbocycles. The molecule has 2 heterocycles. The van der Waals surface area contributed by atoms with Gasteiger partial charge in [0.1, 0.15) is 12.4 Å². The maximum absolute atomic E-state index is 5.98. The van der Waals surface area contributed by atoms with E-state index in [2.05, 4.69) is 20.8 Å². The molecule has 5 nitrogen and oxygen atoms in total. The van der Waals surface area contributed by atoms with Crippen LogP contribution in [0.3, 0.4) is 0 Å². The van der Waals surface area contributed by atoms with Gasteiger partial charge in [0, 0.05) is 12.3 Å². The van der Waals surface area contributed by atoms with Gasteiger partial charge in [-0.3, -0.25) is 4.68 Å². The zero-order valence-electron chi connectivity index (χ0n) is 14.1. The number of rotatable bonds is 6. The first-order valence-corrected chi connectivity index (χ1v) is 8.73. The molecule has 0 atom stereocenters. The van der Waals surface area contributed by atoms with Gasteiger partial charge in [0.15, 0.2) is 0 Å². The van der Waals surface area contributed by atoms with E-state index in [1.807, 2.05) is 18.3 Å². The lowest BCUT2D eigenvalue weighted by molar-refractivity contribution is 0.340. The summed E-state index contributed by atoms with van der Waals surface area (Å²) in [6.07, 6.45) is 10.9. The van der Waals surface area contributed by atoms with Crippen molar-refractivity contribution in [3.8, 4) is 11.6 Å². The maximum Gasteiger partial charge on any atom is 0.213 e. The normalized spacial score (nSPS) is 17.9. The van der Waals surface area contributed by atoms with E-state index in [0.29, 0.717) is 18.5 Å². The van der Waals surface area contributed by atoms with Crippen molar-refractivity contribution in [1.82, 2.24) is 14.8 Å². The molecule has 2 aliphatic rings. The van der Waals surface area contributed by atoms with E-state index < -0.39 is 0 Å². The highest BCUT2D eigenvalue weighted by atomic mass is 16.5. The Morgan fingerprint density at radius 3 is 2.79 bits per heavy atom. The van der Waals surface area contributed by atoms with Crippen molar-refractivity contribution in [3.63, 3.8) is 0 Å². The van der Waals surface area contributed by atoms with Crippen LogP contribution in [0, 0.1) is 0 Å². The first kappa shape index (κ1) is 15.2. The smallest absolute Gasteiger partial charge is 0.213 e. The minimum atomic E-state index is 0.605. The quantitative estimate of drug-likeness (QED) is 0.804. The zero-order chi connectivity index (χ0) is 16.4. The van der Waals surface area contributed by atoms with Crippen molar-refractivity contribution in [2.24, 2.45) is 0 Å². The van der Waals surface area contributed by atoms with Gasteiger partial charge in [0.05, 0.1) is 25.0 Å². The number of nitrogens with zero attached hydrogens (tertiary/aromatic N) is 3. The van der Waals surface area contributed by atoms with Crippen molar-refractivity contribution in [1.29, 1.82) is 0 Å². The third-order valence-corrected chi connectivity index (χ3v) is 4.79. The fourth-order valence-corrected chi connectivity index (χ4v) is 3.34. The van der Waals surface area contributed by atoms with Crippen LogP contribution in [0.2, 0.25) is 0 Å². The predicted molar refractivity (Wildman–Crippen MR) is 92.2 cm³/mol. The summed E-state index contributed by atoms with van der Waals surface area (Å²) in [5, 5.41) is 4.54. The predicted octanol–water partition coefficient (Wildman–Crippen LogP) is 4.03. The van der Waals surface area contributed by atoms with Crippen LogP contribution in [0.1, 0.15) is 50.3 Å². The van der Waals surface area contributed by atoms with E-state index in [4.69, 9.17) is 9.47 Å². The van der Waals surface area contributed by atoms with Crippen LogP contribution >= 0.6 is 0 Å². The second-order valence-corrected chi connectivity index (χ2v) is 6.51. The molecule has 0 N–H and O–H groups in total. The van der Waals surface area contributed by atoms with E-state index in [1.54, 1.807) is 13.3 Å². The van der Waals surface area contributed by atoms with Crippen LogP contribution in [0.5, 0.6) is 11.6 Å². The molecule has 0 amide bonds. The lowest BCUT2D eigenvalue weighted by Gasteiger charge is -2.21. The topological polar surface area (TPSA) is 49.2 Å². The van der Waals surface area contributed by atoms with Crippen molar-refractivity contribution < 1.29 is 9.47 Å². The second kappa shape index (κ2) is 6.67. The van der Waals surface area contributed by atoms with Crippen molar-refractivity contribution in [2.75, 3.05) is 13.7 Å². The van der Waals surface area contributed by atoms with Gasteiger partial charge < -0.3 is 9.47 Å². The summed E-state index contributed by atoms with van der Waals surface area (Å²) in [6, 6.07) is 6.50. The lowest BCUT2D eigenvalue weighted by Crippen LogP contribution is -2.11. The van der Waals surface area contributed by atoms with Crippen LogP contribution in [0.4, 0.5) is 0 Å². The Balaban J connectivity index is 1.53. The molecule has 1 saturated carbocycles. The fourth-order valence-electron chi connectivity index (χ4n) is 3.34. The fraction of sp³-hybridized carbons (Fsp3) is 0.474. The highest BCUT2D eigenvalue weighted by Crippen LogP contribution is 2.39. The molecule has 0 aliphatic heterocycles. The molecule has 5 heteroatoms. The highest BCUT2D eigenvalue weighted by Gasteiger charge is 2.28. The van der Waals surface area contributed by atoms with Gasteiger partial charge in [-0.25, -0.2) is 4.98 Å². The Hall–Kier alpha value is -2.30. The minimum Gasteiger partial charge on any atom is -0.488 e. The summed E-state index contributed by atoms with van der Waals surface area (Å²) < 4.78 is 13.3. The first-order chi connectivity index (χ1) is 11.8. The van der Waals surface area contributed by atoms with Crippen LogP contribution in [-0.2, 0) is 0 Å². The molecule has 0 unspecified atom stereocenters. The van der Waals surface area contributed by atoms with Crippen LogP contribution in [0.25, 0.3) is 5.57 Å². The number of pyridine rings is 1. The van der Waals surface area contributed by atoms with Gasteiger partial charge in [0.2, 0.25) is 5.88 Å². The Bertz CT molecular complexity index is 729. The van der Waals surface area contributed by atoms with Gasteiger partial charge >= 0.3 is 0 Å². The number of hydrogen-bond acceptors (Lipinski definition) is 4. The second-order valence-electron chi connectivity index (χ2n) is 6.51. The summed E-state index contributed by atoms with van der Waals surface area (Å²) in [6.45, 7) is 0.624. The molecule has 0 bridgehead atoms. The monoisotopic (exact) mass is 325 g/mol. The van der Waals surface area contributed by atoms with Crippen molar-refractivity contribution in [2.45, 2.75) is 44.6 Å². The number of ether oxygens (including phenoxy) is 2. The summed E-state index contributed by atoms with van der Waals surface area (Å²) in [5.74, 6) is 1.39. The standard InChI is InChI=1S/C19H23N3O2/c1-23-19-9-8-16(12-20-19)24-13-14-4-2-3-5-17(14)18-10-11-21-22(18)15-6-7-15/h8-12,15H,2-7,13H2,1H3. The maximum atomic E-state index is 5.98. The van der Waals surface area contributed by atoms with E-state index in [1.165, 1.54) is 42.5 Å². The molecule has 4 rings (SSSR count). The third-order valence-electron chi connectivity index (χ3n) is 4.79. The molecular weight excluding hydrogens is 302 g/mol. The Kier molecular flexibility index (Phi) is 4.24. The number of methoxy groups -OCH3 is 1. The van der Waals surface area contributed by atoms with E-state index >= 15 is 0 Å². The van der Waals surface area contributed by atoms with Crippen LogP contribution in [-0.4, -0.2) is 28.5 Å². The van der Waals surface area contributed by atoms with Crippen LogP contribution in [0.15, 0.2) is 36.2 Å². The van der Waals surface area contributed by atoms with Crippen LogP contribution < -0.4 is 9.47 Å². The van der Waals surface area contributed by atoms with Gasteiger partial charge in [-0.1, -0.05) is 0 Å².